The van der Waals surface area contributed by atoms with Gasteiger partial charge in [-0.25, -0.2) is 4.98 Å². The Hall–Kier alpha value is -1.12. The smallest absolute Gasteiger partial charge is 0.136 e. The van der Waals surface area contributed by atoms with Crippen LogP contribution in [0.15, 0.2) is 12.4 Å². The maximum absolute atomic E-state index is 12.0. The van der Waals surface area contributed by atoms with Crippen molar-refractivity contribution in [3.8, 4) is 0 Å². The summed E-state index contributed by atoms with van der Waals surface area (Å²) in [5, 5.41) is 0. The quantitative estimate of drug-likeness (QED) is 0.780. The van der Waals surface area contributed by atoms with Gasteiger partial charge >= 0.3 is 0 Å². The normalized spacial score (nSPS) is 24.9. The van der Waals surface area contributed by atoms with Crippen molar-refractivity contribution >= 4 is 5.78 Å². The SMILES string of the molecule is CC1CCCC1C(=O)CCc1nccn1C. The van der Waals surface area contributed by atoms with Crippen LogP contribution in [0.2, 0.25) is 0 Å². The minimum atomic E-state index is 0.320. The van der Waals surface area contributed by atoms with Crippen LogP contribution in [0.25, 0.3) is 0 Å². The highest BCUT2D eigenvalue weighted by Crippen LogP contribution is 2.32. The van der Waals surface area contributed by atoms with Gasteiger partial charge in [0.2, 0.25) is 0 Å². The number of carbonyl (C=O) groups is 1. The summed E-state index contributed by atoms with van der Waals surface area (Å²) in [4.78, 5) is 16.3. The van der Waals surface area contributed by atoms with Crippen LogP contribution >= 0.6 is 0 Å². The van der Waals surface area contributed by atoms with Crippen LogP contribution in [0.4, 0.5) is 0 Å². The first-order valence-electron chi connectivity index (χ1n) is 6.17. The molecule has 0 spiro atoms. The van der Waals surface area contributed by atoms with Crippen molar-refractivity contribution in [3.63, 3.8) is 0 Å². The van der Waals surface area contributed by atoms with Gasteiger partial charge in [0.15, 0.2) is 0 Å². The summed E-state index contributed by atoms with van der Waals surface area (Å²) >= 11 is 0. The van der Waals surface area contributed by atoms with E-state index in [-0.39, 0.29) is 0 Å². The molecule has 1 aliphatic carbocycles. The molecule has 3 heteroatoms. The van der Waals surface area contributed by atoms with E-state index < -0.39 is 0 Å². The van der Waals surface area contributed by atoms with Crippen molar-refractivity contribution in [1.82, 2.24) is 9.55 Å². The molecule has 3 nitrogen and oxygen atoms in total. The van der Waals surface area contributed by atoms with Gasteiger partial charge in [-0.2, -0.15) is 0 Å². The third-order valence-corrected chi connectivity index (χ3v) is 3.79. The Balaban J connectivity index is 1.86. The van der Waals surface area contributed by atoms with E-state index in [0.717, 1.165) is 18.7 Å². The Kier molecular flexibility index (Phi) is 3.42. The molecule has 0 radical (unpaired) electrons. The second-order valence-electron chi connectivity index (χ2n) is 4.94. The monoisotopic (exact) mass is 220 g/mol. The maximum Gasteiger partial charge on any atom is 0.136 e. The molecule has 0 N–H and O–H groups in total. The van der Waals surface area contributed by atoms with Crippen molar-refractivity contribution < 1.29 is 4.79 Å². The number of hydrogen-bond acceptors (Lipinski definition) is 2. The van der Waals surface area contributed by atoms with Crippen LogP contribution in [0.1, 0.15) is 38.4 Å². The van der Waals surface area contributed by atoms with Gasteiger partial charge in [0, 0.05) is 38.2 Å². The Morgan fingerprint density at radius 3 is 2.94 bits per heavy atom. The van der Waals surface area contributed by atoms with Gasteiger partial charge in [-0.1, -0.05) is 13.3 Å². The van der Waals surface area contributed by atoms with E-state index in [1.54, 1.807) is 6.20 Å². The molecule has 2 atom stereocenters. The summed E-state index contributed by atoms with van der Waals surface area (Å²) in [5.41, 5.74) is 0. The molecule has 2 rings (SSSR count). The third kappa shape index (κ3) is 2.34. The average molecular weight is 220 g/mol. The van der Waals surface area contributed by atoms with Crippen LogP contribution in [0.5, 0.6) is 0 Å². The van der Waals surface area contributed by atoms with Gasteiger partial charge in [0.25, 0.3) is 0 Å². The lowest BCUT2D eigenvalue weighted by Gasteiger charge is -2.13. The summed E-state index contributed by atoms with van der Waals surface area (Å²) in [7, 11) is 1.98. The van der Waals surface area contributed by atoms with E-state index in [4.69, 9.17) is 0 Å². The number of carbonyl (C=O) groups excluding carboxylic acids is 1. The zero-order valence-electron chi connectivity index (χ0n) is 10.1. The number of Topliss-reactive ketones (excluding diaryl/α,β-unsaturated/α-hetero) is 1. The lowest BCUT2D eigenvalue weighted by atomic mass is 9.91. The molecule has 1 saturated carbocycles. The van der Waals surface area contributed by atoms with Crippen LogP contribution < -0.4 is 0 Å². The second-order valence-corrected chi connectivity index (χ2v) is 4.94. The molecule has 1 aromatic heterocycles. The van der Waals surface area contributed by atoms with E-state index in [1.807, 2.05) is 17.8 Å². The van der Waals surface area contributed by atoms with Crippen LogP contribution in [0.3, 0.4) is 0 Å². The zero-order chi connectivity index (χ0) is 11.5. The lowest BCUT2D eigenvalue weighted by Crippen LogP contribution is -2.18. The Morgan fingerprint density at radius 2 is 2.38 bits per heavy atom. The highest BCUT2D eigenvalue weighted by atomic mass is 16.1. The van der Waals surface area contributed by atoms with E-state index in [1.165, 1.54) is 12.8 Å². The predicted molar refractivity (Wildman–Crippen MR) is 63.0 cm³/mol. The Labute approximate surface area is 96.9 Å². The number of rotatable bonds is 4. The summed E-state index contributed by atoms with van der Waals surface area (Å²) in [6.07, 6.45) is 8.70. The van der Waals surface area contributed by atoms with E-state index in [9.17, 15) is 4.79 Å². The minimum Gasteiger partial charge on any atom is -0.338 e. The van der Waals surface area contributed by atoms with Crippen LogP contribution in [0, 0.1) is 11.8 Å². The standard InChI is InChI=1S/C13H20N2O/c1-10-4-3-5-11(10)12(16)6-7-13-14-8-9-15(13)2/h8-11H,3-7H2,1-2H3. The van der Waals surface area contributed by atoms with E-state index in [0.29, 0.717) is 24.0 Å². The van der Waals surface area contributed by atoms with E-state index in [2.05, 4.69) is 11.9 Å². The second kappa shape index (κ2) is 4.81. The number of hydrogen-bond donors (Lipinski definition) is 0. The molecule has 16 heavy (non-hydrogen) atoms. The van der Waals surface area contributed by atoms with Crippen molar-refractivity contribution in [2.24, 2.45) is 18.9 Å². The number of aryl methyl sites for hydroxylation is 2. The minimum absolute atomic E-state index is 0.320. The van der Waals surface area contributed by atoms with Crippen molar-refractivity contribution in [2.45, 2.75) is 39.0 Å². The highest BCUT2D eigenvalue weighted by Gasteiger charge is 2.29. The fraction of sp³-hybridized carbons (Fsp3) is 0.692. The first kappa shape index (κ1) is 11.4. The van der Waals surface area contributed by atoms with Crippen molar-refractivity contribution in [1.29, 1.82) is 0 Å². The molecule has 0 amide bonds. The largest absolute Gasteiger partial charge is 0.338 e. The fourth-order valence-corrected chi connectivity index (χ4v) is 2.68. The molecule has 2 unspecified atom stereocenters. The maximum atomic E-state index is 12.0. The predicted octanol–water partition coefficient (Wildman–Crippen LogP) is 2.36. The van der Waals surface area contributed by atoms with Gasteiger partial charge in [-0.15, -0.1) is 0 Å². The molecule has 1 fully saturated rings. The first-order valence-corrected chi connectivity index (χ1v) is 6.17. The number of imidazole rings is 1. The Bertz CT molecular complexity index is 370. The highest BCUT2D eigenvalue weighted by molar-refractivity contribution is 5.81. The molecule has 1 aliphatic rings. The van der Waals surface area contributed by atoms with Gasteiger partial charge in [-0.05, 0) is 18.8 Å². The van der Waals surface area contributed by atoms with Gasteiger partial charge in [-0.3, -0.25) is 4.79 Å². The Morgan fingerprint density at radius 1 is 1.56 bits per heavy atom. The molecule has 0 aromatic carbocycles. The van der Waals surface area contributed by atoms with Gasteiger partial charge < -0.3 is 4.57 Å². The molecule has 88 valence electrons. The molecule has 0 bridgehead atoms. The number of ketones is 1. The third-order valence-electron chi connectivity index (χ3n) is 3.79. The van der Waals surface area contributed by atoms with Crippen molar-refractivity contribution in [3.05, 3.63) is 18.2 Å². The molecule has 0 aliphatic heterocycles. The number of nitrogens with zero attached hydrogens (tertiary/aromatic N) is 2. The zero-order valence-corrected chi connectivity index (χ0v) is 10.1. The van der Waals surface area contributed by atoms with Gasteiger partial charge in [0.05, 0.1) is 0 Å². The fourth-order valence-electron chi connectivity index (χ4n) is 2.68. The van der Waals surface area contributed by atoms with Crippen LogP contribution in [-0.4, -0.2) is 15.3 Å². The van der Waals surface area contributed by atoms with Gasteiger partial charge in [0.1, 0.15) is 11.6 Å². The molecular formula is C13H20N2O. The molecule has 1 aromatic rings. The topological polar surface area (TPSA) is 34.9 Å². The van der Waals surface area contributed by atoms with E-state index >= 15 is 0 Å². The molecule has 0 saturated heterocycles. The van der Waals surface area contributed by atoms with Crippen LogP contribution in [-0.2, 0) is 18.3 Å². The first-order chi connectivity index (χ1) is 7.68. The number of aromatic nitrogens is 2. The summed E-state index contributed by atoms with van der Waals surface area (Å²) in [6.45, 7) is 2.20. The molecule has 1 heterocycles. The summed E-state index contributed by atoms with van der Waals surface area (Å²) in [5.74, 6) is 2.36. The summed E-state index contributed by atoms with van der Waals surface area (Å²) in [6, 6.07) is 0. The lowest BCUT2D eigenvalue weighted by molar-refractivity contribution is -0.123. The van der Waals surface area contributed by atoms with Crippen molar-refractivity contribution in [2.75, 3.05) is 0 Å². The summed E-state index contributed by atoms with van der Waals surface area (Å²) < 4.78 is 1.99. The molecular weight excluding hydrogens is 200 g/mol. The average Bonchev–Trinajstić information content (AvgIpc) is 2.84.